The molecule has 5 rings (SSSR count). The molecule has 0 amide bonds. The van der Waals surface area contributed by atoms with Crippen molar-refractivity contribution in [3.63, 3.8) is 0 Å². The first-order valence-corrected chi connectivity index (χ1v) is 12.0. The summed E-state index contributed by atoms with van der Waals surface area (Å²) >= 11 is 6.47. The molecule has 3 aromatic carbocycles. The van der Waals surface area contributed by atoms with Crippen molar-refractivity contribution >= 4 is 28.8 Å². The van der Waals surface area contributed by atoms with Gasteiger partial charge in [0.1, 0.15) is 5.82 Å². The second-order valence-electron chi connectivity index (χ2n) is 8.76. The number of anilines is 2. The Balaban J connectivity index is 1.63. The van der Waals surface area contributed by atoms with E-state index in [1.54, 1.807) is 33.5 Å². The van der Waals surface area contributed by atoms with Gasteiger partial charge in [0, 0.05) is 28.3 Å². The van der Waals surface area contributed by atoms with Crippen molar-refractivity contribution in [2.75, 3.05) is 32.0 Å². The zero-order valence-corrected chi connectivity index (χ0v) is 20.9. The summed E-state index contributed by atoms with van der Waals surface area (Å²) in [6.45, 7) is 0. The van der Waals surface area contributed by atoms with Crippen molar-refractivity contribution in [2.45, 2.75) is 24.8 Å². The Labute approximate surface area is 214 Å². The van der Waals surface area contributed by atoms with Crippen LogP contribution in [0.3, 0.4) is 0 Å². The van der Waals surface area contributed by atoms with E-state index in [0.29, 0.717) is 29.2 Å². The molecule has 36 heavy (non-hydrogen) atoms. The van der Waals surface area contributed by atoms with Gasteiger partial charge in [0.2, 0.25) is 5.75 Å². The average molecular weight is 509 g/mol. The van der Waals surface area contributed by atoms with Crippen LogP contribution >= 0.6 is 11.6 Å². The normalized spacial score (nSPS) is 18.9. The van der Waals surface area contributed by atoms with Crippen molar-refractivity contribution in [1.29, 1.82) is 0 Å². The lowest BCUT2D eigenvalue weighted by Gasteiger charge is -2.30. The van der Waals surface area contributed by atoms with E-state index < -0.39 is 11.9 Å². The Kier molecular flexibility index (Phi) is 6.49. The molecule has 2 aliphatic rings. The summed E-state index contributed by atoms with van der Waals surface area (Å²) in [7, 11) is 4.67. The standard InChI is InChI=1S/C28H26ClFN2O4/c1-34-23-13-16(14-24(35-2)28(23)36-3)15-11-21-26(22(33)12-15)27(25-17(29)7-6-8-18(25)30)32-20-10-5-4-9-19(20)31-21/h4-10,13-15,27,31-32H,11-12H2,1-3H3/t15-,27-/m0/s1. The van der Waals surface area contributed by atoms with Crippen LogP contribution in [0.15, 0.2) is 65.9 Å². The fraction of sp³-hybridized carbons (Fsp3) is 0.250. The molecule has 0 radical (unpaired) electrons. The number of ketones is 1. The number of hydrogen-bond donors (Lipinski definition) is 2. The van der Waals surface area contributed by atoms with Gasteiger partial charge >= 0.3 is 0 Å². The van der Waals surface area contributed by atoms with Crippen LogP contribution in [0, 0.1) is 5.82 Å². The van der Waals surface area contributed by atoms with Crippen LogP contribution in [0.1, 0.15) is 35.9 Å². The van der Waals surface area contributed by atoms with Crippen molar-refractivity contribution in [2.24, 2.45) is 0 Å². The van der Waals surface area contributed by atoms with Crippen molar-refractivity contribution in [1.82, 2.24) is 0 Å². The van der Waals surface area contributed by atoms with E-state index >= 15 is 4.39 Å². The smallest absolute Gasteiger partial charge is 0.203 e. The molecular formula is C28H26ClFN2O4. The van der Waals surface area contributed by atoms with Crippen molar-refractivity contribution in [3.8, 4) is 17.2 Å². The minimum Gasteiger partial charge on any atom is -0.493 e. The number of methoxy groups -OCH3 is 3. The highest BCUT2D eigenvalue weighted by molar-refractivity contribution is 6.31. The van der Waals surface area contributed by atoms with Gasteiger partial charge < -0.3 is 24.8 Å². The van der Waals surface area contributed by atoms with E-state index in [2.05, 4.69) is 10.6 Å². The molecule has 0 unspecified atom stereocenters. The third-order valence-corrected chi connectivity index (χ3v) is 7.09. The van der Waals surface area contributed by atoms with E-state index in [9.17, 15) is 4.79 Å². The highest BCUT2D eigenvalue weighted by atomic mass is 35.5. The molecule has 0 saturated carbocycles. The first-order chi connectivity index (χ1) is 17.4. The lowest BCUT2D eigenvalue weighted by atomic mass is 9.78. The second-order valence-corrected chi connectivity index (χ2v) is 9.17. The van der Waals surface area contributed by atoms with Gasteiger partial charge in [-0.3, -0.25) is 4.79 Å². The van der Waals surface area contributed by atoms with Gasteiger partial charge in [-0.15, -0.1) is 0 Å². The largest absolute Gasteiger partial charge is 0.493 e. The predicted octanol–water partition coefficient (Wildman–Crippen LogP) is 6.48. The van der Waals surface area contributed by atoms with Gasteiger partial charge in [-0.2, -0.15) is 0 Å². The third kappa shape index (κ3) is 4.13. The van der Waals surface area contributed by atoms with E-state index in [-0.39, 0.29) is 28.7 Å². The Morgan fingerprint density at radius 1 is 0.917 bits per heavy atom. The molecule has 6 nitrogen and oxygen atoms in total. The molecule has 0 bridgehead atoms. The summed E-state index contributed by atoms with van der Waals surface area (Å²) in [5, 5.41) is 7.09. The topological polar surface area (TPSA) is 68.8 Å². The zero-order chi connectivity index (χ0) is 25.4. The molecule has 0 aromatic heterocycles. The monoisotopic (exact) mass is 508 g/mol. The maximum Gasteiger partial charge on any atom is 0.203 e. The molecule has 1 aliphatic heterocycles. The summed E-state index contributed by atoms with van der Waals surface area (Å²) in [4.78, 5) is 13.8. The Bertz CT molecular complexity index is 1330. The van der Waals surface area contributed by atoms with E-state index in [4.69, 9.17) is 25.8 Å². The van der Waals surface area contributed by atoms with Gasteiger partial charge in [-0.25, -0.2) is 4.39 Å². The Hall–Kier alpha value is -3.71. The van der Waals surface area contributed by atoms with E-state index in [1.807, 2.05) is 36.4 Å². The summed E-state index contributed by atoms with van der Waals surface area (Å²) in [6, 6.07) is 15.2. The maximum absolute atomic E-state index is 15.1. The number of ether oxygens (including phenoxy) is 3. The van der Waals surface area contributed by atoms with E-state index in [0.717, 1.165) is 22.6 Å². The number of carbonyl (C=O) groups excluding carboxylic acids is 1. The second kappa shape index (κ2) is 9.74. The van der Waals surface area contributed by atoms with Gasteiger partial charge in [0.05, 0.1) is 38.7 Å². The molecule has 0 saturated heterocycles. The minimum atomic E-state index is -0.738. The molecule has 1 heterocycles. The van der Waals surface area contributed by atoms with E-state index in [1.165, 1.54) is 6.07 Å². The zero-order valence-electron chi connectivity index (χ0n) is 20.2. The number of para-hydroxylation sites is 2. The quantitative estimate of drug-likeness (QED) is 0.411. The van der Waals surface area contributed by atoms with Crippen molar-refractivity contribution < 1.29 is 23.4 Å². The first-order valence-electron chi connectivity index (χ1n) is 11.6. The lowest BCUT2D eigenvalue weighted by molar-refractivity contribution is -0.116. The van der Waals surface area contributed by atoms with Crippen LogP contribution in [0.4, 0.5) is 15.8 Å². The molecule has 3 aromatic rings. The summed E-state index contributed by atoms with van der Waals surface area (Å²) in [5.74, 6) is 0.829. The number of hydrogen-bond acceptors (Lipinski definition) is 6. The number of allylic oxidation sites excluding steroid dienone is 1. The highest BCUT2D eigenvalue weighted by Crippen LogP contribution is 2.48. The predicted molar refractivity (Wildman–Crippen MR) is 138 cm³/mol. The van der Waals surface area contributed by atoms with Crippen LogP contribution in [0.25, 0.3) is 0 Å². The molecule has 2 N–H and O–H groups in total. The first kappa shape index (κ1) is 24.0. The summed E-state index contributed by atoms with van der Waals surface area (Å²) in [5.41, 5.74) is 3.92. The number of nitrogens with one attached hydrogen (secondary N) is 2. The van der Waals surface area contributed by atoms with Crippen LogP contribution in [0.5, 0.6) is 17.2 Å². The fourth-order valence-electron chi connectivity index (χ4n) is 5.07. The Morgan fingerprint density at radius 3 is 2.25 bits per heavy atom. The lowest BCUT2D eigenvalue weighted by Crippen LogP contribution is -2.27. The van der Waals surface area contributed by atoms with Crippen LogP contribution < -0.4 is 24.8 Å². The highest BCUT2D eigenvalue weighted by Gasteiger charge is 2.38. The van der Waals surface area contributed by atoms with Crippen LogP contribution in [-0.4, -0.2) is 27.1 Å². The number of halogens is 2. The summed E-state index contributed by atoms with van der Waals surface area (Å²) in [6.07, 6.45) is 0.762. The molecular weight excluding hydrogens is 483 g/mol. The number of rotatable bonds is 5. The molecule has 1 aliphatic carbocycles. The SMILES string of the molecule is COc1cc([C@@H]2CC(=O)C3=C(C2)Nc2ccccc2N[C@H]3c2c(F)cccc2Cl)cc(OC)c1OC. The van der Waals surface area contributed by atoms with Crippen molar-refractivity contribution in [3.05, 3.63) is 87.8 Å². The third-order valence-electron chi connectivity index (χ3n) is 6.76. The minimum absolute atomic E-state index is 0.0906. The fourth-order valence-corrected chi connectivity index (χ4v) is 5.34. The molecule has 0 spiro atoms. The van der Waals surface area contributed by atoms with Crippen LogP contribution in [0.2, 0.25) is 5.02 Å². The maximum atomic E-state index is 15.1. The number of Topliss-reactive ketones (excluding diaryl/α,β-unsaturated/α-hetero) is 1. The molecule has 0 fully saturated rings. The number of fused-ring (bicyclic) bond motifs is 1. The number of carbonyl (C=O) groups is 1. The molecule has 2 atom stereocenters. The van der Waals surface area contributed by atoms with Crippen LogP contribution in [-0.2, 0) is 4.79 Å². The molecule has 186 valence electrons. The Morgan fingerprint density at radius 2 is 1.61 bits per heavy atom. The number of benzene rings is 3. The van der Waals surface area contributed by atoms with Gasteiger partial charge in [0.15, 0.2) is 17.3 Å². The van der Waals surface area contributed by atoms with Gasteiger partial charge in [-0.05, 0) is 54.3 Å². The molecule has 8 heteroatoms. The van der Waals surface area contributed by atoms with Gasteiger partial charge in [0.25, 0.3) is 0 Å². The average Bonchev–Trinajstić information content (AvgIpc) is 3.04. The summed E-state index contributed by atoms with van der Waals surface area (Å²) < 4.78 is 31.6. The van der Waals surface area contributed by atoms with Gasteiger partial charge in [-0.1, -0.05) is 29.8 Å².